The minimum absolute atomic E-state index is 0.0321. The molecule has 2 aromatic rings. The summed E-state index contributed by atoms with van der Waals surface area (Å²) in [6.45, 7) is 2.92. The molecule has 160 valence electrons. The molecule has 1 saturated heterocycles. The smallest absolute Gasteiger partial charge is 0.238 e. The van der Waals surface area contributed by atoms with Gasteiger partial charge in [0.25, 0.3) is 0 Å². The van der Waals surface area contributed by atoms with Gasteiger partial charge in [-0.15, -0.1) is 0 Å². The Morgan fingerprint density at radius 2 is 1.80 bits per heavy atom. The van der Waals surface area contributed by atoms with Crippen molar-refractivity contribution in [3.8, 4) is 0 Å². The molecular weight excluding hydrogens is 402 g/mol. The normalized spacial score (nSPS) is 17.9. The fraction of sp³-hybridized carbons (Fsp3) is 0.364. The van der Waals surface area contributed by atoms with Crippen molar-refractivity contribution in [3.05, 3.63) is 65.7 Å². The van der Waals surface area contributed by atoms with E-state index in [-0.39, 0.29) is 28.7 Å². The van der Waals surface area contributed by atoms with Crippen LogP contribution in [-0.4, -0.2) is 38.2 Å². The minimum atomic E-state index is -3.75. The molecule has 0 bridgehead atoms. The number of carbonyl (C=O) groups is 2. The number of rotatable bonds is 6. The third-order valence-electron chi connectivity index (χ3n) is 5.41. The molecule has 3 N–H and O–H groups in total. The van der Waals surface area contributed by atoms with E-state index in [0.717, 1.165) is 24.0 Å². The number of benzene rings is 2. The predicted octanol–water partition coefficient (Wildman–Crippen LogP) is 1.99. The highest BCUT2D eigenvalue weighted by atomic mass is 32.2. The highest BCUT2D eigenvalue weighted by Crippen LogP contribution is 2.21. The molecule has 0 aliphatic carbocycles. The van der Waals surface area contributed by atoms with Crippen molar-refractivity contribution >= 4 is 21.8 Å². The molecule has 8 heteroatoms. The van der Waals surface area contributed by atoms with E-state index in [4.69, 9.17) is 5.14 Å². The molecular formula is C22H27N3O4S. The number of hydrogen-bond donors (Lipinski definition) is 2. The Labute approximate surface area is 177 Å². The van der Waals surface area contributed by atoms with E-state index in [0.29, 0.717) is 19.5 Å². The summed E-state index contributed by atoms with van der Waals surface area (Å²) in [5, 5.41) is 8.09. The second-order valence-corrected chi connectivity index (χ2v) is 9.25. The van der Waals surface area contributed by atoms with Gasteiger partial charge in [-0.2, -0.15) is 0 Å². The summed E-state index contributed by atoms with van der Waals surface area (Å²) in [5.74, 6) is -0.329. The lowest BCUT2D eigenvalue weighted by atomic mass is 9.95. The van der Waals surface area contributed by atoms with Crippen LogP contribution in [0.2, 0.25) is 0 Å². The summed E-state index contributed by atoms with van der Waals surface area (Å²) in [6, 6.07) is 15.4. The summed E-state index contributed by atoms with van der Waals surface area (Å²) < 4.78 is 22.8. The fourth-order valence-corrected chi connectivity index (χ4v) is 4.18. The molecule has 2 aromatic carbocycles. The Morgan fingerprint density at radius 1 is 1.13 bits per heavy atom. The number of nitrogens with two attached hydrogens (primary N) is 1. The Balaban J connectivity index is 1.57. The predicted molar refractivity (Wildman–Crippen MR) is 114 cm³/mol. The molecule has 3 rings (SSSR count). The first-order chi connectivity index (χ1) is 14.2. The van der Waals surface area contributed by atoms with Crippen molar-refractivity contribution in [2.24, 2.45) is 11.1 Å². The third kappa shape index (κ3) is 5.67. The quantitative estimate of drug-likeness (QED) is 0.732. The number of hydrogen-bond acceptors (Lipinski definition) is 4. The molecule has 30 heavy (non-hydrogen) atoms. The van der Waals surface area contributed by atoms with E-state index < -0.39 is 10.0 Å². The molecule has 1 heterocycles. The molecule has 7 nitrogen and oxygen atoms in total. The second kappa shape index (κ2) is 9.40. The van der Waals surface area contributed by atoms with Crippen molar-refractivity contribution < 1.29 is 18.0 Å². The topological polar surface area (TPSA) is 110 Å². The maximum Gasteiger partial charge on any atom is 0.238 e. The zero-order chi connectivity index (χ0) is 21.7. The summed E-state index contributed by atoms with van der Waals surface area (Å²) in [4.78, 5) is 27.2. The van der Waals surface area contributed by atoms with Gasteiger partial charge < -0.3 is 10.2 Å². The van der Waals surface area contributed by atoms with Crippen molar-refractivity contribution in [1.82, 2.24) is 10.2 Å². The van der Waals surface area contributed by atoms with Gasteiger partial charge in [0.15, 0.2) is 0 Å². The van der Waals surface area contributed by atoms with Crippen LogP contribution in [-0.2, 0) is 26.0 Å². The highest BCUT2D eigenvalue weighted by molar-refractivity contribution is 7.89. The molecule has 2 amide bonds. The Hall–Kier alpha value is -2.71. The van der Waals surface area contributed by atoms with Crippen LogP contribution in [0, 0.1) is 5.92 Å². The van der Waals surface area contributed by atoms with Gasteiger partial charge in [0, 0.05) is 13.1 Å². The minimum Gasteiger partial charge on any atom is -0.349 e. The standard InChI is InChI=1S/C22H27N3O4S/c1-16(18-9-11-20(12-10-18)30(23,28)29)24-22(27)19-8-5-13-25(15-19)21(26)14-17-6-3-2-4-7-17/h2-4,6-7,9-12,16,19H,5,8,13-15H2,1H3,(H,24,27)(H2,23,28,29). The third-order valence-corrected chi connectivity index (χ3v) is 6.34. The zero-order valence-corrected chi connectivity index (χ0v) is 17.8. The summed E-state index contributed by atoms with van der Waals surface area (Å²) >= 11 is 0. The van der Waals surface area contributed by atoms with Crippen molar-refractivity contribution in [2.75, 3.05) is 13.1 Å². The molecule has 0 radical (unpaired) electrons. The summed E-state index contributed by atoms with van der Waals surface area (Å²) in [7, 11) is -3.75. The number of likely N-dealkylation sites (tertiary alicyclic amines) is 1. The van der Waals surface area contributed by atoms with Crippen molar-refractivity contribution in [3.63, 3.8) is 0 Å². The van der Waals surface area contributed by atoms with Gasteiger partial charge in [0.2, 0.25) is 21.8 Å². The van der Waals surface area contributed by atoms with Gasteiger partial charge in [-0.25, -0.2) is 13.6 Å². The number of piperidine rings is 1. The first-order valence-corrected chi connectivity index (χ1v) is 11.5. The maximum absolute atomic E-state index is 12.8. The summed E-state index contributed by atoms with van der Waals surface area (Å²) in [6.07, 6.45) is 1.86. The zero-order valence-electron chi connectivity index (χ0n) is 17.0. The van der Waals surface area contributed by atoms with Crippen molar-refractivity contribution in [1.29, 1.82) is 0 Å². The van der Waals surface area contributed by atoms with Gasteiger partial charge in [0.05, 0.1) is 23.3 Å². The number of primary sulfonamides is 1. The van der Waals surface area contributed by atoms with Gasteiger partial charge >= 0.3 is 0 Å². The first kappa shape index (κ1) is 22.0. The lowest BCUT2D eigenvalue weighted by molar-refractivity contribution is -0.135. The lowest BCUT2D eigenvalue weighted by Gasteiger charge is -2.33. The van der Waals surface area contributed by atoms with Crippen molar-refractivity contribution in [2.45, 2.75) is 37.1 Å². The lowest BCUT2D eigenvalue weighted by Crippen LogP contribution is -2.46. The number of nitrogens with one attached hydrogen (secondary N) is 1. The Bertz CT molecular complexity index is 991. The van der Waals surface area contributed by atoms with Crippen LogP contribution in [0.1, 0.15) is 36.9 Å². The number of amides is 2. The Kier molecular flexibility index (Phi) is 6.89. The van der Waals surface area contributed by atoms with Crippen LogP contribution in [0.25, 0.3) is 0 Å². The molecule has 1 aliphatic heterocycles. The van der Waals surface area contributed by atoms with Gasteiger partial charge in [-0.3, -0.25) is 9.59 Å². The average Bonchev–Trinajstić information content (AvgIpc) is 2.74. The first-order valence-electron chi connectivity index (χ1n) is 9.99. The van der Waals surface area contributed by atoms with E-state index in [9.17, 15) is 18.0 Å². The number of sulfonamides is 1. The van der Waals surface area contributed by atoms with E-state index in [1.165, 1.54) is 12.1 Å². The van der Waals surface area contributed by atoms with Gasteiger partial charge in [0.1, 0.15) is 0 Å². The van der Waals surface area contributed by atoms with Gasteiger partial charge in [-0.05, 0) is 43.0 Å². The van der Waals surface area contributed by atoms with Crippen LogP contribution in [0.5, 0.6) is 0 Å². The second-order valence-electron chi connectivity index (χ2n) is 7.69. The SMILES string of the molecule is CC(NC(=O)C1CCCN(C(=O)Cc2ccccc2)C1)c1ccc(S(N)(=O)=O)cc1. The Morgan fingerprint density at radius 3 is 2.43 bits per heavy atom. The molecule has 0 saturated carbocycles. The maximum atomic E-state index is 12.8. The van der Waals surface area contributed by atoms with Crippen LogP contribution >= 0.6 is 0 Å². The van der Waals surface area contributed by atoms with Crippen LogP contribution < -0.4 is 10.5 Å². The largest absolute Gasteiger partial charge is 0.349 e. The van der Waals surface area contributed by atoms with E-state index in [1.807, 2.05) is 37.3 Å². The molecule has 2 unspecified atom stereocenters. The van der Waals surface area contributed by atoms with Crippen LogP contribution in [0.3, 0.4) is 0 Å². The fourth-order valence-electron chi connectivity index (χ4n) is 3.66. The van der Waals surface area contributed by atoms with Gasteiger partial charge in [-0.1, -0.05) is 42.5 Å². The van der Waals surface area contributed by atoms with E-state index >= 15 is 0 Å². The molecule has 0 aromatic heterocycles. The molecule has 1 aliphatic rings. The van der Waals surface area contributed by atoms with E-state index in [2.05, 4.69) is 5.32 Å². The summed E-state index contributed by atoms with van der Waals surface area (Å²) in [5.41, 5.74) is 1.74. The highest BCUT2D eigenvalue weighted by Gasteiger charge is 2.29. The van der Waals surface area contributed by atoms with Crippen LogP contribution in [0.15, 0.2) is 59.5 Å². The molecule has 0 spiro atoms. The average molecular weight is 430 g/mol. The van der Waals surface area contributed by atoms with Crippen LogP contribution in [0.4, 0.5) is 0 Å². The monoisotopic (exact) mass is 429 g/mol. The molecule has 1 fully saturated rings. The number of nitrogens with zero attached hydrogens (tertiary/aromatic N) is 1. The van der Waals surface area contributed by atoms with E-state index in [1.54, 1.807) is 17.0 Å². The molecule has 2 atom stereocenters. The number of carbonyl (C=O) groups excluding carboxylic acids is 2.